The summed E-state index contributed by atoms with van der Waals surface area (Å²) in [5, 5.41) is 0. The Hall–Kier alpha value is -4.51. The highest BCUT2D eigenvalue weighted by atomic mass is 16.5. The Morgan fingerprint density at radius 1 is 0.829 bits per heavy atom. The van der Waals surface area contributed by atoms with Crippen LogP contribution in [0.3, 0.4) is 0 Å². The lowest BCUT2D eigenvalue weighted by molar-refractivity contribution is 0.0529. The van der Waals surface area contributed by atoms with Crippen LogP contribution in [-0.2, 0) is 4.74 Å². The minimum Gasteiger partial charge on any atom is -0.462 e. The van der Waals surface area contributed by atoms with Crippen LogP contribution in [0.5, 0.6) is 0 Å². The number of hydrogen-bond acceptors (Lipinski definition) is 4. The number of carbonyl (C=O) groups is 2. The predicted octanol–water partition coefficient (Wildman–Crippen LogP) is 6.38. The average molecular weight is 461 g/mol. The molecule has 5 rings (SSSR count). The summed E-state index contributed by atoms with van der Waals surface area (Å²) in [7, 11) is 0. The fourth-order valence-corrected chi connectivity index (χ4v) is 4.20. The first-order valence-electron chi connectivity index (χ1n) is 11.5. The van der Waals surface area contributed by atoms with E-state index in [0.29, 0.717) is 22.3 Å². The number of fused-ring (bicyclic) bond motifs is 1. The summed E-state index contributed by atoms with van der Waals surface area (Å²) in [5.41, 5.74) is 6.69. The molecule has 0 atom stereocenters. The summed E-state index contributed by atoms with van der Waals surface area (Å²) < 4.78 is 6.95. The van der Waals surface area contributed by atoms with Gasteiger partial charge in [0.1, 0.15) is 6.33 Å². The molecule has 0 aliphatic carbocycles. The Labute approximate surface area is 203 Å². The number of ether oxygens (including phenoxy) is 1. The second kappa shape index (κ2) is 9.39. The number of rotatable bonds is 6. The van der Waals surface area contributed by atoms with Gasteiger partial charge in [-0.15, -0.1) is 0 Å². The molecule has 0 unspecified atom stereocenters. The van der Waals surface area contributed by atoms with Gasteiger partial charge in [-0.25, -0.2) is 9.78 Å². The van der Waals surface area contributed by atoms with E-state index < -0.39 is 5.97 Å². The fourth-order valence-electron chi connectivity index (χ4n) is 4.20. The van der Waals surface area contributed by atoms with E-state index in [0.717, 1.165) is 27.9 Å². The van der Waals surface area contributed by atoms with Crippen molar-refractivity contribution in [1.29, 1.82) is 0 Å². The van der Waals surface area contributed by atoms with Gasteiger partial charge in [0.25, 0.3) is 0 Å². The van der Waals surface area contributed by atoms with Crippen molar-refractivity contribution < 1.29 is 14.3 Å². The summed E-state index contributed by atoms with van der Waals surface area (Å²) in [6.45, 7) is 4.02. The third kappa shape index (κ3) is 4.36. The van der Waals surface area contributed by atoms with Gasteiger partial charge >= 0.3 is 5.97 Å². The van der Waals surface area contributed by atoms with Crippen LogP contribution in [0.4, 0.5) is 0 Å². The molecular weight excluding hydrogens is 436 g/mol. The first-order chi connectivity index (χ1) is 17.0. The van der Waals surface area contributed by atoms with Gasteiger partial charge in [-0.1, -0.05) is 78.4 Å². The van der Waals surface area contributed by atoms with Crippen LogP contribution in [0.25, 0.3) is 27.9 Å². The Morgan fingerprint density at radius 3 is 2.26 bits per heavy atom. The second-order valence-corrected chi connectivity index (χ2v) is 8.34. The molecule has 0 saturated heterocycles. The maximum absolute atomic E-state index is 13.5. The zero-order valence-corrected chi connectivity index (χ0v) is 19.6. The van der Waals surface area contributed by atoms with Gasteiger partial charge in [-0.3, -0.25) is 9.20 Å². The molecule has 3 aromatic carbocycles. The van der Waals surface area contributed by atoms with Crippen molar-refractivity contribution >= 4 is 17.3 Å². The molecule has 2 aromatic heterocycles. The van der Waals surface area contributed by atoms with E-state index in [9.17, 15) is 9.59 Å². The second-order valence-electron chi connectivity index (χ2n) is 8.34. The largest absolute Gasteiger partial charge is 0.462 e. The molecule has 0 fully saturated rings. The van der Waals surface area contributed by atoms with Crippen LogP contribution < -0.4 is 0 Å². The molecule has 0 aliphatic heterocycles. The number of esters is 1. The average Bonchev–Trinajstić information content (AvgIpc) is 3.28. The van der Waals surface area contributed by atoms with Crippen molar-refractivity contribution in [2.24, 2.45) is 0 Å². The molecular formula is C30H24N2O3. The van der Waals surface area contributed by atoms with E-state index in [1.54, 1.807) is 23.7 Å². The van der Waals surface area contributed by atoms with E-state index in [1.165, 1.54) is 0 Å². The smallest absolute Gasteiger partial charge is 0.340 e. The monoisotopic (exact) mass is 460 g/mol. The Morgan fingerprint density at radius 2 is 1.54 bits per heavy atom. The first-order valence-corrected chi connectivity index (χ1v) is 11.5. The summed E-state index contributed by atoms with van der Waals surface area (Å²) in [4.78, 5) is 30.9. The summed E-state index contributed by atoms with van der Waals surface area (Å²) in [5.74, 6) is -0.662. The van der Waals surface area contributed by atoms with Gasteiger partial charge in [0.05, 0.1) is 29.1 Å². The van der Waals surface area contributed by atoms with E-state index in [2.05, 4.69) is 4.98 Å². The van der Waals surface area contributed by atoms with Gasteiger partial charge in [-0.2, -0.15) is 0 Å². The third-order valence-electron chi connectivity index (χ3n) is 5.96. The zero-order chi connectivity index (χ0) is 24.4. The molecule has 5 aromatic rings. The van der Waals surface area contributed by atoms with Gasteiger partial charge < -0.3 is 4.74 Å². The molecule has 35 heavy (non-hydrogen) atoms. The van der Waals surface area contributed by atoms with Crippen LogP contribution in [0.15, 0.2) is 97.3 Å². The van der Waals surface area contributed by atoms with Crippen molar-refractivity contribution in [3.63, 3.8) is 0 Å². The van der Waals surface area contributed by atoms with E-state index in [-0.39, 0.29) is 12.4 Å². The highest BCUT2D eigenvalue weighted by molar-refractivity contribution is 6.11. The molecule has 0 bridgehead atoms. The highest BCUT2D eigenvalue weighted by Gasteiger charge is 2.22. The minimum absolute atomic E-state index is 0.194. The Bertz CT molecular complexity index is 1530. The van der Waals surface area contributed by atoms with Gasteiger partial charge in [0, 0.05) is 11.1 Å². The maximum Gasteiger partial charge on any atom is 0.340 e. The first kappa shape index (κ1) is 22.3. The molecule has 0 spiro atoms. The SMILES string of the molecule is CCOC(=O)c1cc(C(=O)c2ccc(-c3ccccc3)cc2)n2cnc(-c3cccc(C)c3)cc12. The van der Waals surface area contributed by atoms with Crippen LogP contribution in [0.1, 0.15) is 38.9 Å². The van der Waals surface area contributed by atoms with Crippen molar-refractivity contribution in [1.82, 2.24) is 9.38 Å². The highest BCUT2D eigenvalue weighted by Crippen LogP contribution is 2.26. The van der Waals surface area contributed by atoms with E-state index in [1.807, 2.05) is 91.9 Å². The molecule has 2 heterocycles. The number of benzene rings is 3. The van der Waals surface area contributed by atoms with Gasteiger partial charge in [0.15, 0.2) is 0 Å². The Balaban J connectivity index is 1.58. The van der Waals surface area contributed by atoms with Gasteiger partial charge in [-0.05, 0) is 43.2 Å². The summed E-state index contributed by atoms with van der Waals surface area (Å²) >= 11 is 0. The van der Waals surface area contributed by atoms with E-state index >= 15 is 0 Å². The molecule has 172 valence electrons. The topological polar surface area (TPSA) is 60.7 Å². The number of ketones is 1. The third-order valence-corrected chi connectivity index (χ3v) is 5.96. The molecule has 0 radical (unpaired) electrons. The van der Waals surface area contributed by atoms with Crippen LogP contribution >= 0.6 is 0 Å². The Kier molecular flexibility index (Phi) is 5.98. The number of aromatic nitrogens is 2. The van der Waals surface area contributed by atoms with Crippen molar-refractivity contribution in [3.05, 3.63) is 120 Å². The lowest BCUT2D eigenvalue weighted by atomic mass is 10.0. The van der Waals surface area contributed by atoms with Crippen molar-refractivity contribution in [2.75, 3.05) is 6.61 Å². The normalized spacial score (nSPS) is 10.9. The maximum atomic E-state index is 13.5. The standard InChI is InChI=1S/C30H24N2O3/c1-3-35-30(34)25-17-28(29(33)23-14-12-22(13-15-23)21-9-5-4-6-10-21)32-19-31-26(18-27(25)32)24-11-7-8-20(2)16-24/h4-19H,3H2,1-2H3. The quantitative estimate of drug-likeness (QED) is 0.218. The summed E-state index contributed by atoms with van der Waals surface area (Å²) in [6, 6.07) is 28.9. The molecule has 0 amide bonds. The zero-order valence-electron chi connectivity index (χ0n) is 19.6. The number of nitrogens with zero attached hydrogens (tertiary/aromatic N) is 2. The predicted molar refractivity (Wildman–Crippen MR) is 137 cm³/mol. The van der Waals surface area contributed by atoms with E-state index in [4.69, 9.17) is 4.74 Å². The summed E-state index contributed by atoms with van der Waals surface area (Å²) in [6.07, 6.45) is 1.60. The lowest BCUT2D eigenvalue weighted by Crippen LogP contribution is -2.05. The molecule has 5 heteroatoms. The number of hydrogen-bond donors (Lipinski definition) is 0. The number of carbonyl (C=O) groups excluding carboxylic acids is 2. The van der Waals surface area contributed by atoms with Crippen LogP contribution in [0, 0.1) is 6.92 Å². The molecule has 0 aliphatic rings. The van der Waals surface area contributed by atoms with Crippen LogP contribution in [0.2, 0.25) is 0 Å². The molecule has 0 saturated carbocycles. The van der Waals surface area contributed by atoms with Gasteiger partial charge in [0.2, 0.25) is 5.78 Å². The molecule has 0 N–H and O–H groups in total. The van der Waals surface area contributed by atoms with Crippen molar-refractivity contribution in [2.45, 2.75) is 13.8 Å². The number of aryl methyl sites for hydroxylation is 1. The van der Waals surface area contributed by atoms with Crippen molar-refractivity contribution in [3.8, 4) is 22.4 Å². The fraction of sp³-hybridized carbons (Fsp3) is 0.100. The van der Waals surface area contributed by atoms with Crippen LogP contribution in [-0.4, -0.2) is 27.7 Å². The lowest BCUT2D eigenvalue weighted by Gasteiger charge is -2.07. The minimum atomic E-state index is -0.468. The molecule has 5 nitrogen and oxygen atoms in total.